The van der Waals surface area contributed by atoms with Gasteiger partial charge in [0.15, 0.2) is 0 Å². The van der Waals surface area contributed by atoms with Crippen LogP contribution in [0.15, 0.2) is 30.9 Å². The molecule has 1 N–H and O–H groups in total. The van der Waals surface area contributed by atoms with Crippen molar-refractivity contribution in [2.24, 2.45) is 5.92 Å². The third kappa shape index (κ3) is 12.4. The average Bonchev–Trinajstić information content (AvgIpc) is 2.54. The van der Waals surface area contributed by atoms with Crippen LogP contribution < -0.4 is 10.1 Å². The number of alkyl halides is 6. The van der Waals surface area contributed by atoms with Crippen molar-refractivity contribution in [3.05, 3.63) is 42.0 Å². The fourth-order valence-electron chi connectivity index (χ4n) is 2.65. The van der Waals surface area contributed by atoms with E-state index < -0.39 is 23.5 Å². The van der Waals surface area contributed by atoms with Crippen LogP contribution in [0.5, 0.6) is 5.75 Å². The van der Waals surface area contributed by atoms with Gasteiger partial charge in [0.1, 0.15) is 5.75 Å². The fraction of sp³-hybridized carbons (Fsp3) is 0.571. The Morgan fingerprint density at radius 3 is 2.13 bits per heavy atom. The molecule has 1 saturated carbocycles. The molecular weight excluding hydrogens is 410 g/mol. The van der Waals surface area contributed by atoms with Gasteiger partial charge in [0, 0.05) is 19.0 Å². The van der Waals surface area contributed by atoms with Gasteiger partial charge in [-0.25, -0.2) is 0 Å². The number of hydrogen-bond donors (Lipinski definition) is 1. The highest BCUT2D eigenvalue weighted by atomic mass is 19.4. The summed E-state index contributed by atoms with van der Waals surface area (Å²) < 4.78 is 74.7. The molecule has 1 aliphatic rings. The van der Waals surface area contributed by atoms with Crippen LogP contribution in [0, 0.1) is 17.2 Å². The Morgan fingerprint density at radius 2 is 1.73 bits per heavy atom. The standard InChI is InChI=1S/C16H19F3N2O.C3H6.C2H3F3/c1-10(2)21-13-5-11(6-13)9-22-14-3-4-15(16(17,18)19)12(7-14)8-20;1-3-2;1-2(3,4)5/h3-4,7,10-11,13,21H,5-6,9H2,1-2H3;3H,1H2,2H3;1H3. The molecule has 0 spiro atoms. The molecule has 9 heteroatoms. The van der Waals surface area contributed by atoms with Crippen LogP contribution in [0.2, 0.25) is 0 Å². The van der Waals surface area contributed by atoms with Crippen molar-refractivity contribution < 1.29 is 31.1 Å². The van der Waals surface area contributed by atoms with Crippen molar-refractivity contribution >= 4 is 0 Å². The summed E-state index contributed by atoms with van der Waals surface area (Å²) in [5.41, 5.74) is -1.33. The van der Waals surface area contributed by atoms with Crippen LogP contribution in [-0.4, -0.2) is 24.9 Å². The van der Waals surface area contributed by atoms with Gasteiger partial charge in [0.05, 0.1) is 23.8 Å². The second-order valence-electron chi connectivity index (χ2n) is 7.17. The first-order chi connectivity index (χ1) is 13.7. The Balaban J connectivity index is 0.000000902. The number of nitriles is 1. The molecule has 0 aliphatic heterocycles. The number of halogens is 6. The van der Waals surface area contributed by atoms with E-state index in [1.165, 1.54) is 6.07 Å². The van der Waals surface area contributed by atoms with Crippen LogP contribution in [0.4, 0.5) is 26.3 Å². The molecule has 0 radical (unpaired) electrons. The summed E-state index contributed by atoms with van der Waals surface area (Å²) in [4.78, 5) is 0. The number of rotatable bonds is 5. The van der Waals surface area contributed by atoms with E-state index in [2.05, 4.69) is 25.7 Å². The molecule has 1 aliphatic carbocycles. The van der Waals surface area contributed by atoms with Gasteiger partial charge in [0.25, 0.3) is 0 Å². The van der Waals surface area contributed by atoms with Crippen molar-refractivity contribution in [2.45, 2.75) is 65.0 Å². The minimum atomic E-state index is -4.52. The summed E-state index contributed by atoms with van der Waals surface area (Å²) >= 11 is 0. The summed E-state index contributed by atoms with van der Waals surface area (Å²) in [6, 6.07) is 5.85. The topological polar surface area (TPSA) is 45.0 Å². The molecule has 3 nitrogen and oxygen atoms in total. The summed E-state index contributed by atoms with van der Waals surface area (Å²) in [5, 5.41) is 12.3. The van der Waals surface area contributed by atoms with E-state index in [0.717, 1.165) is 25.0 Å². The van der Waals surface area contributed by atoms with Crippen molar-refractivity contribution in [2.75, 3.05) is 6.61 Å². The van der Waals surface area contributed by atoms with Crippen LogP contribution in [0.3, 0.4) is 0 Å². The minimum Gasteiger partial charge on any atom is -0.493 e. The lowest BCUT2D eigenvalue weighted by Crippen LogP contribution is -2.46. The SMILES string of the molecule is C=CC.CC(C)NC1CC(COc2ccc(C(F)(F)F)c(C#N)c2)C1.CC(F)(F)F. The molecule has 1 aromatic carbocycles. The molecule has 0 unspecified atom stereocenters. The van der Waals surface area contributed by atoms with Crippen molar-refractivity contribution in [3.63, 3.8) is 0 Å². The smallest absolute Gasteiger partial charge is 0.417 e. The van der Waals surface area contributed by atoms with Gasteiger partial charge < -0.3 is 10.1 Å². The minimum absolute atomic E-state index is 0.188. The molecule has 0 aromatic heterocycles. The van der Waals surface area contributed by atoms with E-state index in [-0.39, 0.29) is 6.92 Å². The lowest BCUT2D eigenvalue weighted by Gasteiger charge is -2.37. The maximum Gasteiger partial charge on any atom is 0.417 e. The predicted octanol–water partition coefficient (Wildman–Crippen LogP) is 6.49. The van der Waals surface area contributed by atoms with Gasteiger partial charge in [-0.15, -0.1) is 6.58 Å². The van der Waals surface area contributed by atoms with E-state index in [9.17, 15) is 26.3 Å². The normalized spacial score (nSPS) is 18.1. The highest BCUT2D eigenvalue weighted by Gasteiger charge is 2.34. The lowest BCUT2D eigenvalue weighted by molar-refractivity contribution is -0.137. The summed E-state index contributed by atoms with van der Waals surface area (Å²) in [6.07, 6.45) is -4.76. The number of nitrogens with zero attached hydrogens (tertiary/aromatic N) is 1. The second kappa shape index (κ2) is 12.5. The van der Waals surface area contributed by atoms with Crippen LogP contribution in [0.25, 0.3) is 0 Å². The molecular formula is C21H28F6N2O. The first-order valence-corrected chi connectivity index (χ1v) is 9.35. The van der Waals surface area contributed by atoms with E-state index >= 15 is 0 Å². The summed E-state index contributed by atoms with van der Waals surface area (Å²) in [5.74, 6) is 0.717. The van der Waals surface area contributed by atoms with Crippen LogP contribution in [-0.2, 0) is 6.18 Å². The highest BCUT2D eigenvalue weighted by molar-refractivity contribution is 5.44. The highest BCUT2D eigenvalue weighted by Crippen LogP contribution is 2.34. The number of allylic oxidation sites excluding steroid dienone is 1. The molecule has 1 fully saturated rings. The second-order valence-corrected chi connectivity index (χ2v) is 7.17. The van der Waals surface area contributed by atoms with Gasteiger partial charge >= 0.3 is 12.4 Å². The quantitative estimate of drug-likeness (QED) is 0.422. The zero-order chi connectivity index (χ0) is 23.5. The lowest BCUT2D eigenvalue weighted by atomic mass is 9.80. The third-order valence-corrected chi connectivity index (χ3v) is 3.71. The molecule has 2 rings (SSSR count). The third-order valence-electron chi connectivity index (χ3n) is 3.71. The first-order valence-electron chi connectivity index (χ1n) is 9.35. The van der Waals surface area contributed by atoms with E-state index in [1.54, 1.807) is 12.1 Å². The molecule has 30 heavy (non-hydrogen) atoms. The van der Waals surface area contributed by atoms with Gasteiger partial charge in [-0.1, -0.05) is 19.9 Å². The average molecular weight is 438 g/mol. The molecule has 170 valence electrons. The summed E-state index contributed by atoms with van der Waals surface area (Å²) in [6.45, 7) is 10.1. The van der Waals surface area contributed by atoms with Gasteiger partial charge in [-0.2, -0.15) is 31.6 Å². The van der Waals surface area contributed by atoms with Crippen molar-refractivity contribution in [1.82, 2.24) is 5.32 Å². The monoisotopic (exact) mass is 438 g/mol. The van der Waals surface area contributed by atoms with E-state index in [1.807, 2.05) is 6.92 Å². The molecule has 0 amide bonds. The Bertz CT molecular complexity index is 680. The Hall–Kier alpha value is -2.21. The number of ether oxygens (including phenoxy) is 1. The molecule has 0 atom stereocenters. The number of nitrogens with one attached hydrogen (secondary N) is 1. The van der Waals surface area contributed by atoms with Gasteiger partial charge in [-0.3, -0.25) is 0 Å². The first kappa shape index (κ1) is 27.8. The Labute approximate surface area is 173 Å². The van der Waals surface area contributed by atoms with Crippen LogP contribution >= 0.6 is 0 Å². The zero-order valence-corrected chi connectivity index (χ0v) is 17.5. The Kier molecular flexibility index (Phi) is 11.6. The number of hydrogen-bond acceptors (Lipinski definition) is 3. The van der Waals surface area contributed by atoms with Crippen LogP contribution in [0.1, 0.15) is 51.7 Å². The van der Waals surface area contributed by atoms with Gasteiger partial charge in [-0.05, 0) is 43.9 Å². The zero-order valence-electron chi connectivity index (χ0n) is 17.5. The van der Waals surface area contributed by atoms with Crippen molar-refractivity contribution in [1.29, 1.82) is 5.26 Å². The number of benzene rings is 1. The maximum atomic E-state index is 12.7. The molecule has 0 heterocycles. The Morgan fingerprint density at radius 1 is 1.23 bits per heavy atom. The van der Waals surface area contributed by atoms with E-state index in [0.29, 0.717) is 30.4 Å². The molecule has 0 bridgehead atoms. The maximum absolute atomic E-state index is 12.7. The largest absolute Gasteiger partial charge is 0.493 e. The molecule has 1 aromatic rings. The predicted molar refractivity (Wildman–Crippen MR) is 104 cm³/mol. The van der Waals surface area contributed by atoms with Crippen molar-refractivity contribution in [3.8, 4) is 11.8 Å². The fourth-order valence-corrected chi connectivity index (χ4v) is 2.65. The van der Waals surface area contributed by atoms with E-state index in [4.69, 9.17) is 10.00 Å². The molecule has 0 saturated heterocycles. The van der Waals surface area contributed by atoms with Gasteiger partial charge in [0.2, 0.25) is 0 Å². The summed E-state index contributed by atoms with van der Waals surface area (Å²) in [7, 11) is 0.